The van der Waals surface area contributed by atoms with E-state index in [4.69, 9.17) is 4.74 Å². The molecule has 3 nitrogen and oxygen atoms in total. The smallest absolute Gasteiger partial charge is 0.119 e. The lowest BCUT2D eigenvalue weighted by atomic mass is 9.86. The molecule has 0 saturated carbocycles. The Labute approximate surface area is 116 Å². The van der Waals surface area contributed by atoms with E-state index in [0.717, 1.165) is 24.3 Å². The van der Waals surface area contributed by atoms with Gasteiger partial charge in [-0.3, -0.25) is 0 Å². The molecule has 1 aliphatic heterocycles. The van der Waals surface area contributed by atoms with E-state index in [9.17, 15) is 5.11 Å². The average molecular weight is 263 g/mol. The van der Waals surface area contributed by atoms with Crippen LogP contribution in [-0.4, -0.2) is 42.9 Å². The molecule has 3 heteroatoms. The van der Waals surface area contributed by atoms with E-state index in [-0.39, 0.29) is 12.0 Å². The standard InChI is InChI=1S/C16H25NO2/c1-16(2,12-18)13-6-8-14(9-7-13)19-15-5-4-10-17(3)11-15/h6-9,15,18H,4-5,10-12H2,1-3H3. The van der Waals surface area contributed by atoms with Crippen molar-refractivity contribution in [1.82, 2.24) is 4.90 Å². The minimum absolute atomic E-state index is 0.153. The molecule has 0 radical (unpaired) electrons. The van der Waals surface area contributed by atoms with Crippen LogP contribution < -0.4 is 4.74 Å². The van der Waals surface area contributed by atoms with Crippen molar-refractivity contribution in [3.8, 4) is 5.75 Å². The lowest BCUT2D eigenvalue weighted by molar-refractivity contribution is 0.104. The van der Waals surface area contributed by atoms with Crippen molar-refractivity contribution in [1.29, 1.82) is 0 Å². The topological polar surface area (TPSA) is 32.7 Å². The van der Waals surface area contributed by atoms with Crippen LogP contribution in [0, 0.1) is 0 Å². The van der Waals surface area contributed by atoms with Crippen LogP contribution in [0.2, 0.25) is 0 Å². The summed E-state index contributed by atoms with van der Waals surface area (Å²) in [5.41, 5.74) is 0.951. The minimum Gasteiger partial charge on any atom is -0.489 e. The average Bonchev–Trinajstić information content (AvgIpc) is 2.39. The predicted octanol–water partition coefficient (Wildman–Crippen LogP) is 2.43. The van der Waals surface area contributed by atoms with Gasteiger partial charge in [-0.2, -0.15) is 0 Å². The van der Waals surface area contributed by atoms with Crippen molar-refractivity contribution in [3.05, 3.63) is 29.8 Å². The van der Waals surface area contributed by atoms with Crippen molar-refractivity contribution in [2.24, 2.45) is 0 Å². The zero-order chi connectivity index (χ0) is 13.9. The highest BCUT2D eigenvalue weighted by molar-refractivity contribution is 5.31. The summed E-state index contributed by atoms with van der Waals surface area (Å²) in [6, 6.07) is 8.14. The normalized spacial score (nSPS) is 21.4. The first-order valence-electron chi connectivity index (χ1n) is 7.08. The number of benzene rings is 1. The number of piperidine rings is 1. The molecule has 1 aromatic rings. The molecule has 1 unspecified atom stereocenters. The van der Waals surface area contributed by atoms with Crippen molar-refractivity contribution >= 4 is 0 Å². The second-order valence-electron chi connectivity index (χ2n) is 6.21. The van der Waals surface area contributed by atoms with Gasteiger partial charge in [-0.05, 0) is 44.1 Å². The molecule has 1 aromatic carbocycles. The summed E-state index contributed by atoms with van der Waals surface area (Å²) < 4.78 is 6.02. The van der Waals surface area contributed by atoms with Gasteiger partial charge in [0.1, 0.15) is 11.9 Å². The number of ether oxygens (including phenoxy) is 1. The Kier molecular flexibility index (Phi) is 4.48. The molecule has 0 aromatic heterocycles. The van der Waals surface area contributed by atoms with Crippen LogP contribution in [-0.2, 0) is 5.41 Å². The van der Waals surface area contributed by atoms with E-state index in [1.54, 1.807) is 0 Å². The van der Waals surface area contributed by atoms with E-state index in [1.807, 2.05) is 26.0 Å². The lowest BCUT2D eigenvalue weighted by Crippen LogP contribution is -2.38. The van der Waals surface area contributed by atoms with Crippen molar-refractivity contribution in [2.45, 2.75) is 38.2 Å². The van der Waals surface area contributed by atoms with Gasteiger partial charge in [-0.15, -0.1) is 0 Å². The molecular weight excluding hydrogens is 238 g/mol. The van der Waals surface area contributed by atoms with Crippen LogP contribution in [0.4, 0.5) is 0 Å². The van der Waals surface area contributed by atoms with E-state index >= 15 is 0 Å². The highest BCUT2D eigenvalue weighted by atomic mass is 16.5. The molecule has 1 N–H and O–H groups in total. The second kappa shape index (κ2) is 5.93. The molecular formula is C16H25NO2. The molecule has 19 heavy (non-hydrogen) atoms. The van der Waals surface area contributed by atoms with Gasteiger partial charge in [0.2, 0.25) is 0 Å². The number of likely N-dealkylation sites (N-methyl/N-ethyl adjacent to an activating group) is 1. The van der Waals surface area contributed by atoms with E-state index in [2.05, 4.69) is 24.1 Å². The van der Waals surface area contributed by atoms with E-state index in [0.29, 0.717) is 6.10 Å². The lowest BCUT2D eigenvalue weighted by Gasteiger charge is -2.30. The van der Waals surface area contributed by atoms with Crippen LogP contribution in [0.3, 0.4) is 0 Å². The Morgan fingerprint density at radius 3 is 2.58 bits per heavy atom. The zero-order valence-electron chi connectivity index (χ0n) is 12.2. The molecule has 106 valence electrons. The van der Waals surface area contributed by atoms with Crippen molar-refractivity contribution in [2.75, 3.05) is 26.7 Å². The third-order valence-electron chi connectivity index (χ3n) is 3.92. The first kappa shape index (κ1) is 14.4. The zero-order valence-corrected chi connectivity index (χ0v) is 12.2. The summed E-state index contributed by atoms with van der Waals surface area (Å²) in [5, 5.41) is 9.37. The fourth-order valence-corrected chi connectivity index (χ4v) is 2.48. The second-order valence-corrected chi connectivity index (χ2v) is 6.21. The number of likely N-dealkylation sites (tertiary alicyclic amines) is 1. The SMILES string of the molecule is CN1CCCC(Oc2ccc(C(C)(C)CO)cc2)C1. The molecule has 1 heterocycles. The summed E-state index contributed by atoms with van der Waals surface area (Å²) in [5.74, 6) is 0.929. The van der Waals surface area contributed by atoms with Crippen molar-refractivity contribution in [3.63, 3.8) is 0 Å². The number of aliphatic hydroxyl groups excluding tert-OH is 1. The summed E-state index contributed by atoms with van der Waals surface area (Å²) >= 11 is 0. The largest absolute Gasteiger partial charge is 0.489 e. The first-order valence-corrected chi connectivity index (χ1v) is 7.08. The summed E-state index contributed by atoms with van der Waals surface area (Å²) in [4.78, 5) is 2.32. The molecule has 1 aliphatic rings. The highest BCUT2D eigenvalue weighted by Crippen LogP contribution is 2.25. The fraction of sp³-hybridized carbons (Fsp3) is 0.625. The maximum absolute atomic E-state index is 9.37. The number of aliphatic hydroxyl groups is 1. The van der Waals surface area contributed by atoms with Crippen LogP contribution in [0.25, 0.3) is 0 Å². The van der Waals surface area contributed by atoms with Gasteiger partial charge in [-0.25, -0.2) is 0 Å². The van der Waals surface area contributed by atoms with Crippen LogP contribution >= 0.6 is 0 Å². The Bertz CT molecular complexity index is 400. The number of hydrogen-bond acceptors (Lipinski definition) is 3. The Balaban J connectivity index is 1.99. The van der Waals surface area contributed by atoms with Gasteiger partial charge in [0, 0.05) is 12.0 Å². The van der Waals surface area contributed by atoms with Gasteiger partial charge in [0.15, 0.2) is 0 Å². The Morgan fingerprint density at radius 1 is 1.32 bits per heavy atom. The highest BCUT2D eigenvalue weighted by Gasteiger charge is 2.21. The monoisotopic (exact) mass is 263 g/mol. The van der Waals surface area contributed by atoms with Gasteiger partial charge in [-0.1, -0.05) is 26.0 Å². The third kappa shape index (κ3) is 3.71. The predicted molar refractivity (Wildman–Crippen MR) is 77.7 cm³/mol. The number of nitrogens with zero attached hydrogens (tertiary/aromatic N) is 1. The van der Waals surface area contributed by atoms with Crippen LogP contribution in [0.15, 0.2) is 24.3 Å². The maximum atomic E-state index is 9.37. The fourth-order valence-electron chi connectivity index (χ4n) is 2.48. The maximum Gasteiger partial charge on any atom is 0.119 e. The van der Waals surface area contributed by atoms with Crippen molar-refractivity contribution < 1.29 is 9.84 Å². The summed E-state index contributed by atoms with van der Waals surface area (Å²) in [6.07, 6.45) is 2.64. The summed E-state index contributed by atoms with van der Waals surface area (Å²) in [7, 11) is 2.14. The number of hydrogen-bond donors (Lipinski definition) is 1. The third-order valence-corrected chi connectivity index (χ3v) is 3.92. The van der Waals surface area contributed by atoms with Gasteiger partial charge >= 0.3 is 0 Å². The molecule has 0 aliphatic carbocycles. The van der Waals surface area contributed by atoms with Gasteiger partial charge in [0.25, 0.3) is 0 Å². The quantitative estimate of drug-likeness (QED) is 0.905. The molecule has 1 saturated heterocycles. The van der Waals surface area contributed by atoms with Gasteiger partial charge in [0.05, 0.1) is 6.61 Å². The molecule has 2 rings (SSSR count). The Hall–Kier alpha value is -1.06. The molecule has 1 atom stereocenters. The van der Waals surface area contributed by atoms with Gasteiger partial charge < -0.3 is 14.7 Å². The molecule has 0 amide bonds. The Morgan fingerprint density at radius 2 is 2.00 bits per heavy atom. The molecule has 0 spiro atoms. The van der Waals surface area contributed by atoms with Crippen LogP contribution in [0.1, 0.15) is 32.3 Å². The molecule has 0 bridgehead atoms. The van der Waals surface area contributed by atoms with E-state index in [1.165, 1.54) is 13.0 Å². The first-order chi connectivity index (χ1) is 9.01. The summed E-state index contributed by atoms with van der Waals surface area (Å²) in [6.45, 7) is 6.41. The number of rotatable bonds is 4. The van der Waals surface area contributed by atoms with E-state index < -0.39 is 0 Å². The minimum atomic E-state index is -0.191. The molecule has 1 fully saturated rings. The van der Waals surface area contributed by atoms with Crippen LogP contribution in [0.5, 0.6) is 5.75 Å².